The molecule has 2 heteroatoms. The first-order valence-corrected chi connectivity index (χ1v) is 7.00. The monoisotopic (exact) mass is 270 g/mol. The fourth-order valence-electron chi connectivity index (χ4n) is 2.76. The zero-order valence-electron chi connectivity index (χ0n) is 11.5. The Hall–Kier alpha value is -2.87. The van der Waals surface area contributed by atoms with Gasteiger partial charge in [0.1, 0.15) is 0 Å². The van der Waals surface area contributed by atoms with Crippen molar-refractivity contribution in [3.05, 3.63) is 79.1 Å². The molecule has 0 atom stereocenters. The van der Waals surface area contributed by atoms with Crippen LogP contribution < -0.4 is 0 Å². The second-order valence-corrected chi connectivity index (χ2v) is 5.03. The number of hydrogen-bond acceptors (Lipinski definition) is 1. The van der Waals surface area contributed by atoms with Gasteiger partial charge in [-0.2, -0.15) is 0 Å². The molecule has 1 N–H and O–H groups in total. The van der Waals surface area contributed by atoms with E-state index in [4.69, 9.17) is 0 Å². The summed E-state index contributed by atoms with van der Waals surface area (Å²) in [7, 11) is 0. The zero-order valence-corrected chi connectivity index (χ0v) is 11.5. The van der Waals surface area contributed by atoms with Crippen LogP contribution in [-0.2, 0) is 0 Å². The fourth-order valence-corrected chi connectivity index (χ4v) is 2.76. The minimum absolute atomic E-state index is 1.11. The van der Waals surface area contributed by atoms with E-state index in [1.165, 1.54) is 16.7 Å². The van der Waals surface area contributed by atoms with Gasteiger partial charge in [0.05, 0.1) is 5.69 Å². The SMILES string of the molecule is c1ccc(-c2[nH]c3ccncc3c2-c2ccccc2)cc1. The number of H-pyrrole nitrogens is 1. The molecule has 2 aromatic carbocycles. The lowest BCUT2D eigenvalue weighted by Crippen LogP contribution is -1.82. The molecule has 4 aromatic rings. The zero-order chi connectivity index (χ0) is 14.1. The third-order valence-electron chi connectivity index (χ3n) is 3.73. The predicted octanol–water partition coefficient (Wildman–Crippen LogP) is 4.90. The van der Waals surface area contributed by atoms with Gasteiger partial charge in [-0.3, -0.25) is 4.98 Å². The summed E-state index contributed by atoms with van der Waals surface area (Å²) in [6.45, 7) is 0. The third kappa shape index (κ3) is 2.01. The van der Waals surface area contributed by atoms with Gasteiger partial charge in [-0.1, -0.05) is 60.7 Å². The summed E-state index contributed by atoms with van der Waals surface area (Å²) in [5.74, 6) is 0. The van der Waals surface area contributed by atoms with E-state index in [0.29, 0.717) is 0 Å². The first kappa shape index (κ1) is 11.9. The van der Waals surface area contributed by atoms with E-state index in [0.717, 1.165) is 16.6 Å². The molecule has 0 aliphatic rings. The van der Waals surface area contributed by atoms with Gasteiger partial charge in [-0.15, -0.1) is 0 Å². The number of nitrogens with zero attached hydrogens (tertiary/aromatic N) is 1. The Morgan fingerprint density at radius 3 is 2.10 bits per heavy atom. The van der Waals surface area contributed by atoms with Crippen molar-refractivity contribution in [2.24, 2.45) is 0 Å². The number of hydrogen-bond donors (Lipinski definition) is 1. The van der Waals surface area contributed by atoms with Gasteiger partial charge < -0.3 is 4.98 Å². The maximum Gasteiger partial charge on any atom is 0.0545 e. The molecule has 0 fully saturated rings. The van der Waals surface area contributed by atoms with Crippen molar-refractivity contribution < 1.29 is 0 Å². The number of rotatable bonds is 2. The van der Waals surface area contributed by atoms with Gasteiger partial charge in [-0.05, 0) is 17.2 Å². The Bertz CT molecular complexity index is 877. The Balaban J connectivity index is 2.07. The van der Waals surface area contributed by atoms with Crippen molar-refractivity contribution in [2.75, 3.05) is 0 Å². The van der Waals surface area contributed by atoms with Crippen LogP contribution in [0.1, 0.15) is 0 Å². The largest absolute Gasteiger partial charge is 0.354 e. The van der Waals surface area contributed by atoms with Crippen LogP contribution in [0.15, 0.2) is 79.1 Å². The summed E-state index contributed by atoms with van der Waals surface area (Å²) in [6.07, 6.45) is 3.75. The maximum atomic E-state index is 4.29. The normalized spacial score (nSPS) is 10.9. The smallest absolute Gasteiger partial charge is 0.0545 e. The molecular weight excluding hydrogens is 256 g/mol. The minimum Gasteiger partial charge on any atom is -0.354 e. The fraction of sp³-hybridized carbons (Fsp3) is 0. The van der Waals surface area contributed by atoms with E-state index in [2.05, 4.69) is 58.5 Å². The Morgan fingerprint density at radius 2 is 1.38 bits per heavy atom. The average Bonchev–Trinajstić information content (AvgIpc) is 2.96. The van der Waals surface area contributed by atoms with E-state index >= 15 is 0 Å². The van der Waals surface area contributed by atoms with E-state index < -0.39 is 0 Å². The van der Waals surface area contributed by atoms with Crippen molar-refractivity contribution >= 4 is 10.9 Å². The van der Waals surface area contributed by atoms with Crippen LogP contribution in [0.25, 0.3) is 33.3 Å². The molecule has 0 saturated heterocycles. The molecule has 4 rings (SSSR count). The van der Waals surface area contributed by atoms with E-state index in [9.17, 15) is 0 Å². The molecule has 0 unspecified atom stereocenters. The Kier molecular flexibility index (Phi) is 2.79. The van der Waals surface area contributed by atoms with Crippen molar-refractivity contribution in [3.63, 3.8) is 0 Å². The minimum atomic E-state index is 1.11. The second-order valence-electron chi connectivity index (χ2n) is 5.03. The highest BCUT2D eigenvalue weighted by atomic mass is 14.7. The molecule has 100 valence electrons. The van der Waals surface area contributed by atoms with Crippen LogP contribution in [-0.4, -0.2) is 9.97 Å². The van der Waals surface area contributed by atoms with Crippen LogP contribution in [0.3, 0.4) is 0 Å². The van der Waals surface area contributed by atoms with Crippen molar-refractivity contribution in [2.45, 2.75) is 0 Å². The summed E-state index contributed by atoms with van der Waals surface area (Å²) < 4.78 is 0. The summed E-state index contributed by atoms with van der Waals surface area (Å²) >= 11 is 0. The Labute approximate surface area is 123 Å². The van der Waals surface area contributed by atoms with Crippen LogP contribution >= 0.6 is 0 Å². The molecule has 0 bridgehead atoms. The maximum absolute atomic E-state index is 4.29. The van der Waals surface area contributed by atoms with Crippen molar-refractivity contribution in [3.8, 4) is 22.4 Å². The van der Waals surface area contributed by atoms with Crippen LogP contribution in [0.4, 0.5) is 0 Å². The van der Waals surface area contributed by atoms with Gasteiger partial charge >= 0.3 is 0 Å². The summed E-state index contributed by atoms with van der Waals surface area (Å²) in [5.41, 5.74) is 5.86. The first-order chi connectivity index (χ1) is 10.4. The van der Waals surface area contributed by atoms with Crippen LogP contribution in [0.2, 0.25) is 0 Å². The van der Waals surface area contributed by atoms with Crippen molar-refractivity contribution in [1.29, 1.82) is 0 Å². The molecule has 21 heavy (non-hydrogen) atoms. The van der Waals surface area contributed by atoms with Crippen LogP contribution in [0, 0.1) is 0 Å². The van der Waals surface area contributed by atoms with Gasteiger partial charge in [0.15, 0.2) is 0 Å². The number of aromatic nitrogens is 2. The van der Waals surface area contributed by atoms with Gasteiger partial charge in [0.25, 0.3) is 0 Å². The van der Waals surface area contributed by atoms with Crippen molar-refractivity contribution in [1.82, 2.24) is 9.97 Å². The van der Waals surface area contributed by atoms with Gasteiger partial charge in [-0.25, -0.2) is 0 Å². The van der Waals surface area contributed by atoms with E-state index in [1.54, 1.807) is 0 Å². The lowest BCUT2D eigenvalue weighted by atomic mass is 9.99. The van der Waals surface area contributed by atoms with E-state index in [1.807, 2.05) is 30.6 Å². The molecule has 0 aliphatic carbocycles. The highest BCUT2D eigenvalue weighted by molar-refractivity contribution is 6.03. The molecule has 0 radical (unpaired) electrons. The summed E-state index contributed by atoms with van der Waals surface area (Å²) in [5, 5.41) is 1.16. The number of benzene rings is 2. The highest BCUT2D eigenvalue weighted by Crippen LogP contribution is 2.37. The molecular formula is C19H14N2. The molecule has 0 spiro atoms. The molecule has 0 saturated carbocycles. The van der Waals surface area contributed by atoms with E-state index in [-0.39, 0.29) is 0 Å². The number of pyridine rings is 1. The molecule has 0 aliphatic heterocycles. The van der Waals surface area contributed by atoms with Gasteiger partial charge in [0, 0.05) is 28.9 Å². The highest BCUT2D eigenvalue weighted by Gasteiger charge is 2.14. The summed E-state index contributed by atoms with van der Waals surface area (Å²) in [6, 6.07) is 22.9. The molecule has 2 heterocycles. The van der Waals surface area contributed by atoms with Gasteiger partial charge in [0.2, 0.25) is 0 Å². The second kappa shape index (κ2) is 4.91. The predicted molar refractivity (Wildman–Crippen MR) is 87.0 cm³/mol. The van der Waals surface area contributed by atoms with Crippen LogP contribution in [0.5, 0.6) is 0 Å². The third-order valence-corrected chi connectivity index (χ3v) is 3.73. The lowest BCUT2D eigenvalue weighted by Gasteiger charge is -2.05. The number of fused-ring (bicyclic) bond motifs is 1. The summed E-state index contributed by atoms with van der Waals surface area (Å²) in [4.78, 5) is 7.82. The standard InChI is InChI=1S/C19H14N2/c1-3-7-14(8-4-1)18-16-13-20-12-11-17(16)21-19(18)15-9-5-2-6-10-15/h1-13,21H. The quantitative estimate of drug-likeness (QED) is 0.551. The molecule has 2 aromatic heterocycles. The average molecular weight is 270 g/mol. The topological polar surface area (TPSA) is 28.7 Å². The molecule has 2 nitrogen and oxygen atoms in total. The number of aromatic amines is 1. The Morgan fingerprint density at radius 1 is 0.714 bits per heavy atom. The lowest BCUT2D eigenvalue weighted by molar-refractivity contribution is 1.36. The number of nitrogens with one attached hydrogen (secondary N) is 1. The molecule has 0 amide bonds. The first-order valence-electron chi connectivity index (χ1n) is 7.00.